The van der Waals surface area contributed by atoms with Crippen LogP contribution in [0, 0.1) is 6.92 Å². The van der Waals surface area contributed by atoms with Crippen molar-refractivity contribution in [3.63, 3.8) is 0 Å². The molecule has 0 amide bonds. The summed E-state index contributed by atoms with van der Waals surface area (Å²) in [5, 5.41) is 1.03. The highest BCUT2D eigenvalue weighted by atomic mass is 16.5. The van der Waals surface area contributed by atoms with Crippen LogP contribution in [-0.4, -0.2) is 29.7 Å². The van der Waals surface area contributed by atoms with Gasteiger partial charge in [0.25, 0.3) is 0 Å². The number of ether oxygens (including phenoxy) is 2. The van der Waals surface area contributed by atoms with Crippen molar-refractivity contribution in [2.24, 2.45) is 0 Å². The molecule has 5 heteroatoms. The Kier molecular flexibility index (Phi) is 5.79. The van der Waals surface area contributed by atoms with E-state index in [9.17, 15) is 9.59 Å². The first-order chi connectivity index (χ1) is 11.1. The molecule has 0 fully saturated rings. The van der Waals surface area contributed by atoms with Crippen molar-refractivity contribution in [1.82, 2.24) is 4.57 Å². The molecule has 0 bridgehead atoms. The first-order valence-corrected chi connectivity index (χ1v) is 8.00. The lowest BCUT2D eigenvalue weighted by Gasteiger charge is -2.10. The average Bonchev–Trinajstić information content (AvgIpc) is 2.88. The minimum absolute atomic E-state index is 0.210. The second-order valence-electron chi connectivity index (χ2n) is 5.32. The quantitative estimate of drug-likeness (QED) is 0.734. The Hall–Kier alpha value is -2.30. The summed E-state index contributed by atoms with van der Waals surface area (Å²) < 4.78 is 12.0. The lowest BCUT2D eigenvalue weighted by molar-refractivity contribution is -0.143. The van der Waals surface area contributed by atoms with Crippen LogP contribution in [0.25, 0.3) is 10.9 Å². The third-order valence-electron chi connectivity index (χ3n) is 3.72. The molecule has 0 radical (unpaired) electrons. The number of esters is 2. The lowest BCUT2D eigenvalue weighted by Crippen LogP contribution is -2.13. The van der Waals surface area contributed by atoms with E-state index in [0.717, 1.165) is 16.5 Å². The third-order valence-corrected chi connectivity index (χ3v) is 3.72. The molecule has 2 aromatic rings. The Morgan fingerprint density at radius 1 is 1.13 bits per heavy atom. The van der Waals surface area contributed by atoms with Gasteiger partial charge in [0.15, 0.2) is 0 Å². The van der Waals surface area contributed by atoms with Gasteiger partial charge in [-0.2, -0.15) is 0 Å². The van der Waals surface area contributed by atoms with E-state index in [2.05, 4.69) is 0 Å². The Balaban J connectivity index is 2.28. The third kappa shape index (κ3) is 3.92. The molecular formula is C18H23NO4. The van der Waals surface area contributed by atoms with E-state index in [4.69, 9.17) is 9.47 Å². The summed E-state index contributed by atoms with van der Waals surface area (Å²) in [6.45, 7) is 6.89. The van der Waals surface area contributed by atoms with Gasteiger partial charge in [-0.05, 0) is 44.9 Å². The monoisotopic (exact) mass is 317 g/mol. The summed E-state index contributed by atoms with van der Waals surface area (Å²) in [6, 6.07) is 7.83. The number of aromatic nitrogens is 1. The normalized spacial score (nSPS) is 10.7. The molecule has 2 rings (SSSR count). The number of aryl methyl sites for hydroxylation is 2. The van der Waals surface area contributed by atoms with Crippen molar-refractivity contribution < 1.29 is 19.1 Å². The minimum Gasteiger partial charge on any atom is -0.466 e. The molecule has 1 heterocycles. The molecule has 0 atom stereocenters. The first kappa shape index (κ1) is 17.1. The number of carbonyl (C=O) groups excluding carboxylic acids is 2. The summed E-state index contributed by atoms with van der Waals surface area (Å²) in [7, 11) is 0. The molecule has 0 N–H and O–H groups in total. The zero-order valence-electron chi connectivity index (χ0n) is 13.9. The number of carbonyl (C=O) groups is 2. The van der Waals surface area contributed by atoms with Gasteiger partial charge in [0, 0.05) is 23.9 Å². The minimum atomic E-state index is -0.334. The summed E-state index contributed by atoms with van der Waals surface area (Å²) in [4.78, 5) is 23.7. The highest BCUT2D eigenvalue weighted by Crippen LogP contribution is 2.24. The predicted molar refractivity (Wildman–Crippen MR) is 88.5 cm³/mol. The van der Waals surface area contributed by atoms with Gasteiger partial charge >= 0.3 is 11.9 Å². The zero-order chi connectivity index (χ0) is 16.8. The smallest absolute Gasteiger partial charge is 0.354 e. The fraction of sp³-hybridized carbons (Fsp3) is 0.444. The highest BCUT2D eigenvalue weighted by Gasteiger charge is 2.17. The molecule has 0 aliphatic heterocycles. The molecule has 124 valence electrons. The number of hydrogen-bond donors (Lipinski definition) is 0. The van der Waals surface area contributed by atoms with Gasteiger partial charge in [-0.3, -0.25) is 4.79 Å². The molecule has 0 spiro atoms. The van der Waals surface area contributed by atoms with Crippen LogP contribution in [-0.2, 0) is 20.8 Å². The summed E-state index contributed by atoms with van der Waals surface area (Å²) in [5.41, 5.74) is 2.62. The number of nitrogens with zero attached hydrogens (tertiary/aromatic N) is 1. The number of benzene rings is 1. The molecule has 0 aliphatic rings. The van der Waals surface area contributed by atoms with E-state index in [1.54, 1.807) is 13.8 Å². The molecular weight excluding hydrogens is 294 g/mol. The molecule has 23 heavy (non-hydrogen) atoms. The van der Waals surface area contributed by atoms with Crippen molar-refractivity contribution in [2.45, 2.75) is 40.2 Å². The molecule has 0 saturated carbocycles. The fourth-order valence-corrected chi connectivity index (χ4v) is 2.66. The van der Waals surface area contributed by atoms with E-state index in [-0.39, 0.29) is 11.9 Å². The number of rotatable bonds is 7. The van der Waals surface area contributed by atoms with Gasteiger partial charge in [-0.1, -0.05) is 12.1 Å². The van der Waals surface area contributed by atoms with Crippen molar-refractivity contribution in [2.75, 3.05) is 13.2 Å². The average molecular weight is 317 g/mol. The molecule has 0 unspecified atom stereocenters. The van der Waals surface area contributed by atoms with Crippen molar-refractivity contribution in [3.05, 3.63) is 35.5 Å². The molecule has 1 aromatic carbocycles. The largest absolute Gasteiger partial charge is 0.466 e. The van der Waals surface area contributed by atoms with E-state index in [1.165, 1.54) is 0 Å². The van der Waals surface area contributed by atoms with Crippen LogP contribution < -0.4 is 0 Å². The van der Waals surface area contributed by atoms with Gasteiger partial charge in [0.1, 0.15) is 5.69 Å². The second kappa shape index (κ2) is 7.81. The van der Waals surface area contributed by atoms with Crippen LogP contribution in [0.15, 0.2) is 24.3 Å². The van der Waals surface area contributed by atoms with Gasteiger partial charge < -0.3 is 14.0 Å². The Morgan fingerprint density at radius 3 is 2.57 bits per heavy atom. The van der Waals surface area contributed by atoms with E-state index >= 15 is 0 Å². The molecule has 5 nitrogen and oxygen atoms in total. The second-order valence-corrected chi connectivity index (χ2v) is 5.32. The Bertz CT molecular complexity index is 702. The topological polar surface area (TPSA) is 57.5 Å². The maximum absolute atomic E-state index is 12.2. The molecule has 0 aliphatic carbocycles. The van der Waals surface area contributed by atoms with Crippen LogP contribution in [0.1, 0.15) is 42.7 Å². The first-order valence-electron chi connectivity index (χ1n) is 8.00. The number of fused-ring (bicyclic) bond motifs is 1. The molecule has 1 aromatic heterocycles. The summed E-state index contributed by atoms with van der Waals surface area (Å²) in [6.07, 6.45) is 0.949. The van der Waals surface area contributed by atoms with Crippen LogP contribution in [0.2, 0.25) is 0 Å². The van der Waals surface area contributed by atoms with Crippen LogP contribution in [0.5, 0.6) is 0 Å². The van der Waals surface area contributed by atoms with Gasteiger partial charge in [0.05, 0.1) is 13.2 Å². The van der Waals surface area contributed by atoms with Gasteiger partial charge in [-0.25, -0.2) is 4.79 Å². The van der Waals surface area contributed by atoms with Crippen molar-refractivity contribution in [3.8, 4) is 0 Å². The van der Waals surface area contributed by atoms with E-state index in [1.807, 2.05) is 35.8 Å². The standard InChI is InChI=1S/C18H23NO4/c1-4-22-17(20)10-7-11-19-15-9-6-8-13(3)14(15)12-16(19)18(21)23-5-2/h6,8-9,12H,4-5,7,10-11H2,1-3H3. The van der Waals surface area contributed by atoms with E-state index < -0.39 is 0 Å². The SMILES string of the molecule is CCOC(=O)CCCn1c(C(=O)OCC)cc2c(C)cccc21. The Labute approximate surface area is 136 Å². The summed E-state index contributed by atoms with van der Waals surface area (Å²) >= 11 is 0. The maximum Gasteiger partial charge on any atom is 0.354 e. The predicted octanol–water partition coefficient (Wildman–Crippen LogP) is 3.47. The van der Waals surface area contributed by atoms with Crippen molar-refractivity contribution in [1.29, 1.82) is 0 Å². The van der Waals surface area contributed by atoms with E-state index in [0.29, 0.717) is 38.3 Å². The zero-order valence-corrected chi connectivity index (χ0v) is 13.9. The van der Waals surface area contributed by atoms with Crippen LogP contribution >= 0.6 is 0 Å². The van der Waals surface area contributed by atoms with Gasteiger partial charge in [-0.15, -0.1) is 0 Å². The molecule has 0 saturated heterocycles. The van der Waals surface area contributed by atoms with Crippen LogP contribution in [0.4, 0.5) is 0 Å². The van der Waals surface area contributed by atoms with Crippen molar-refractivity contribution >= 4 is 22.8 Å². The lowest BCUT2D eigenvalue weighted by atomic mass is 10.1. The van der Waals surface area contributed by atoms with Gasteiger partial charge in [0.2, 0.25) is 0 Å². The summed E-state index contributed by atoms with van der Waals surface area (Å²) in [5.74, 6) is -0.544. The Morgan fingerprint density at radius 2 is 1.87 bits per heavy atom. The highest BCUT2D eigenvalue weighted by molar-refractivity contribution is 5.96. The maximum atomic E-state index is 12.2. The van der Waals surface area contributed by atoms with Crippen LogP contribution in [0.3, 0.4) is 0 Å². The fourth-order valence-electron chi connectivity index (χ4n) is 2.66. The number of hydrogen-bond acceptors (Lipinski definition) is 4.